The SMILES string of the molecule is NS(=O)(=O)N1CCCN(c2cc(=O)[nH]c3ccccc23)CC1. The first-order valence-corrected chi connectivity index (χ1v) is 8.60. The molecule has 7 nitrogen and oxygen atoms in total. The third-order valence-corrected chi connectivity index (χ3v) is 4.97. The summed E-state index contributed by atoms with van der Waals surface area (Å²) < 4.78 is 24.2. The van der Waals surface area contributed by atoms with Crippen LogP contribution in [0.1, 0.15) is 6.42 Å². The number of aromatic amines is 1. The van der Waals surface area contributed by atoms with E-state index in [0.29, 0.717) is 32.6 Å². The Morgan fingerprint density at radius 2 is 1.86 bits per heavy atom. The van der Waals surface area contributed by atoms with E-state index in [1.54, 1.807) is 6.07 Å². The summed E-state index contributed by atoms with van der Waals surface area (Å²) in [5.41, 5.74) is 1.44. The van der Waals surface area contributed by atoms with Gasteiger partial charge in [-0.25, -0.2) is 5.14 Å². The van der Waals surface area contributed by atoms with E-state index in [4.69, 9.17) is 5.14 Å². The minimum Gasteiger partial charge on any atom is -0.369 e. The number of anilines is 1. The van der Waals surface area contributed by atoms with Crippen molar-refractivity contribution < 1.29 is 8.42 Å². The molecule has 2 aromatic rings. The van der Waals surface area contributed by atoms with Gasteiger partial charge in [0.1, 0.15) is 0 Å². The normalized spacial score (nSPS) is 17.6. The fourth-order valence-corrected chi connectivity index (χ4v) is 3.56. The summed E-state index contributed by atoms with van der Waals surface area (Å²) in [6.45, 7) is 1.90. The van der Waals surface area contributed by atoms with Crippen molar-refractivity contribution in [3.63, 3.8) is 0 Å². The van der Waals surface area contributed by atoms with Gasteiger partial charge in [0.25, 0.3) is 10.2 Å². The lowest BCUT2D eigenvalue weighted by molar-refractivity contribution is 0.434. The zero-order valence-electron chi connectivity index (χ0n) is 12.0. The number of pyridine rings is 1. The Kier molecular flexibility index (Phi) is 3.90. The van der Waals surface area contributed by atoms with Gasteiger partial charge in [-0.05, 0) is 12.5 Å². The summed E-state index contributed by atoms with van der Waals surface area (Å²) in [7, 11) is -3.67. The molecule has 2 heterocycles. The van der Waals surface area contributed by atoms with Crippen LogP contribution in [0.4, 0.5) is 5.69 Å². The maximum atomic E-state index is 11.8. The van der Waals surface area contributed by atoms with Crippen molar-refractivity contribution in [3.05, 3.63) is 40.7 Å². The van der Waals surface area contributed by atoms with Crippen LogP contribution in [0.5, 0.6) is 0 Å². The van der Waals surface area contributed by atoms with Gasteiger partial charge in [0.15, 0.2) is 0 Å². The van der Waals surface area contributed by atoms with E-state index in [1.807, 2.05) is 29.2 Å². The number of hydrogen-bond donors (Lipinski definition) is 2. The van der Waals surface area contributed by atoms with Gasteiger partial charge in [0.2, 0.25) is 5.56 Å². The van der Waals surface area contributed by atoms with Crippen LogP contribution < -0.4 is 15.6 Å². The number of hydrogen-bond acceptors (Lipinski definition) is 4. The van der Waals surface area contributed by atoms with Crippen molar-refractivity contribution in [2.45, 2.75) is 6.42 Å². The number of benzene rings is 1. The highest BCUT2D eigenvalue weighted by Crippen LogP contribution is 2.24. The second-order valence-electron chi connectivity index (χ2n) is 5.35. The third kappa shape index (κ3) is 2.99. The van der Waals surface area contributed by atoms with Gasteiger partial charge < -0.3 is 9.88 Å². The summed E-state index contributed by atoms with van der Waals surface area (Å²) in [4.78, 5) is 16.7. The molecule has 0 aliphatic carbocycles. The highest BCUT2D eigenvalue weighted by Gasteiger charge is 2.22. The van der Waals surface area contributed by atoms with Crippen LogP contribution in [0, 0.1) is 0 Å². The van der Waals surface area contributed by atoms with Gasteiger partial charge in [0.05, 0.1) is 11.2 Å². The number of nitrogens with two attached hydrogens (primary N) is 1. The Bertz CT molecular complexity index is 847. The van der Waals surface area contributed by atoms with Crippen molar-refractivity contribution in [3.8, 4) is 0 Å². The molecule has 1 saturated heterocycles. The largest absolute Gasteiger partial charge is 0.369 e. The smallest absolute Gasteiger partial charge is 0.276 e. The Labute approximate surface area is 128 Å². The van der Waals surface area contributed by atoms with Gasteiger partial charge in [-0.3, -0.25) is 4.79 Å². The van der Waals surface area contributed by atoms with E-state index in [2.05, 4.69) is 4.98 Å². The van der Waals surface area contributed by atoms with Crippen LogP contribution in [0.25, 0.3) is 10.9 Å². The van der Waals surface area contributed by atoms with Gasteiger partial charge in [-0.15, -0.1) is 0 Å². The molecule has 0 radical (unpaired) electrons. The molecule has 3 N–H and O–H groups in total. The molecule has 3 rings (SSSR count). The van der Waals surface area contributed by atoms with Crippen LogP contribution in [-0.2, 0) is 10.2 Å². The molecule has 8 heteroatoms. The zero-order chi connectivity index (χ0) is 15.7. The molecule has 1 aromatic heterocycles. The summed E-state index contributed by atoms with van der Waals surface area (Å²) in [5, 5.41) is 6.15. The Morgan fingerprint density at radius 1 is 1.09 bits per heavy atom. The molecule has 0 saturated carbocycles. The molecular weight excluding hydrogens is 304 g/mol. The standard InChI is InChI=1S/C14H18N4O3S/c15-22(20,21)18-7-3-6-17(8-9-18)13-10-14(19)16-12-5-2-1-4-11(12)13/h1-2,4-5,10H,3,6-9H2,(H,16,19)(H2,15,20,21). The first-order chi connectivity index (χ1) is 10.4. The van der Waals surface area contributed by atoms with Crippen molar-refractivity contribution >= 4 is 26.8 Å². The van der Waals surface area contributed by atoms with Crippen molar-refractivity contribution in [2.24, 2.45) is 5.14 Å². The summed E-state index contributed by atoms with van der Waals surface area (Å²) in [5.74, 6) is 0. The maximum Gasteiger partial charge on any atom is 0.276 e. The number of aromatic nitrogens is 1. The Hall–Kier alpha value is -1.90. The molecule has 1 aliphatic heterocycles. The van der Waals surface area contributed by atoms with Crippen molar-refractivity contribution in [1.29, 1.82) is 0 Å². The minimum atomic E-state index is -3.67. The molecule has 0 amide bonds. The van der Waals surface area contributed by atoms with E-state index >= 15 is 0 Å². The predicted molar refractivity (Wildman–Crippen MR) is 86.1 cm³/mol. The molecule has 1 aliphatic rings. The predicted octanol–water partition coefficient (Wildman–Crippen LogP) is 0.244. The number of fused-ring (bicyclic) bond motifs is 1. The Balaban J connectivity index is 1.96. The molecule has 1 fully saturated rings. The van der Waals surface area contributed by atoms with Crippen molar-refractivity contribution in [1.82, 2.24) is 9.29 Å². The van der Waals surface area contributed by atoms with E-state index in [0.717, 1.165) is 16.6 Å². The molecule has 0 atom stereocenters. The zero-order valence-corrected chi connectivity index (χ0v) is 12.8. The molecular formula is C14H18N4O3S. The lowest BCUT2D eigenvalue weighted by Gasteiger charge is -2.24. The quantitative estimate of drug-likeness (QED) is 0.827. The fourth-order valence-electron chi connectivity index (χ4n) is 2.84. The van der Waals surface area contributed by atoms with Gasteiger partial charge >= 0.3 is 0 Å². The van der Waals surface area contributed by atoms with E-state index in [9.17, 15) is 13.2 Å². The molecule has 1 aromatic carbocycles. The number of para-hydroxylation sites is 1. The lowest BCUT2D eigenvalue weighted by atomic mass is 10.1. The monoisotopic (exact) mass is 322 g/mol. The molecule has 0 bridgehead atoms. The van der Waals surface area contributed by atoms with Gasteiger partial charge in [-0.2, -0.15) is 12.7 Å². The van der Waals surface area contributed by atoms with E-state index in [-0.39, 0.29) is 5.56 Å². The van der Waals surface area contributed by atoms with E-state index in [1.165, 1.54) is 4.31 Å². The van der Waals surface area contributed by atoms with E-state index < -0.39 is 10.2 Å². The number of H-pyrrole nitrogens is 1. The molecule has 118 valence electrons. The van der Waals surface area contributed by atoms with Crippen LogP contribution >= 0.6 is 0 Å². The highest BCUT2D eigenvalue weighted by molar-refractivity contribution is 7.86. The van der Waals surface area contributed by atoms with Crippen LogP contribution in [0.2, 0.25) is 0 Å². The summed E-state index contributed by atoms with van der Waals surface area (Å²) in [6, 6.07) is 9.15. The topological polar surface area (TPSA) is 99.5 Å². The summed E-state index contributed by atoms with van der Waals surface area (Å²) >= 11 is 0. The van der Waals surface area contributed by atoms with Crippen LogP contribution in [0.3, 0.4) is 0 Å². The summed E-state index contributed by atoms with van der Waals surface area (Å²) in [6.07, 6.45) is 0.664. The first kappa shape index (κ1) is 15.0. The second-order valence-corrected chi connectivity index (χ2v) is 6.90. The Morgan fingerprint density at radius 3 is 2.64 bits per heavy atom. The fraction of sp³-hybridized carbons (Fsp3) is 0.357. The number of nitrogens with one attached hydrogen (secondary N) is 1. The maximum absolute atomic E-state index is 11.8. The number of rotatable bonds is 2. The lowest BCUT2D eigenvalue weighted by Crippen LogP contribution is -2.39. The van der Waals surface area contributed by atoms with Crippen LogP contribution in [-0.4, -0.2) is 43.9 Å². The first-order valence-electron chi connectivity index (χ1n) is 7.10. The second kappa shape index (κ2) is 5.71. The molecule has 0 unspecified atom stereocenters. The highest BCUT2D eigenvalue weighted by atomic mass is 32.2. The molecule has 22 heavy (non-hydrogen) atoms. The van der Waals surface area contributed by atoms with Crippen LogP contribution in [0.15, 0.2) is 35.1 Å². The average Bonchev–Trinajstić information content (AvgIpc) is 2.72. The van der Waals surface area contributed by atoms with Crippen molar-refractivity contribution in [2.75, 3.05) is 31.1 Å². The third-order valence-electron chi connectivity index (χ3n) is 3.88. The van der Waals surface area contributed by atoms with Gasteiger partial charge in [0, 0.05) is 37.6 Å². The number of nitrogens with zero attached hydrogens (tertiary/aromatic N) is 2. The molecule has 0 spiro atoms. The average molecular weight is 322 g/mol. The van der Waals surface area contributed by atoms with Gasteiger partial charge in [-0.1, -0.05) is 18.2 Å². The minimum absolute atomic E-state index is 0.166.